The van der Waals surface area contributed by atoms with Gasteiger partial charge in [-0.1, -0.05) is 18.6 Å². The van der Waals surface area contributed by atoms with E-state index in [1.54, 1.807) is 4.90 Å². The first-order valence-corrected chi connectivity index (χ1v) is 7.57. The topological polar surface area (TPSA) is 29.5 Å². The van der Waals surface area contributed by atoms with Crippen molar-refractivity contribution in [3.8, 4) is 0 Å². The van der Waals surface area contributed by atoms with Crippen LogP contribution in [0.4, 0.5) is 10.5 Å². The number of hydrogen-bond acceptors (Lipinski definition) is 2. The minimum Gasteiger partial charge on any atom is -0.443 e. The van der Waals surface area contributed by atoms with E-state index < -0.39 is 5.60 Å². The molecular weight excluding hydrogens is 250 g/mol. The third-order valence-electron chi connectivity index (χ3n) is 4.19. The molecule has 0 bridgehead atoms. The van der Waals surface area contributed by atoms with Crippen LogP contribution in [0.3, 0.4) is 0 Å². The van der Waals surface area contributed by atoms with Crippen LogP contribution in [0, 0.1) is 0 Å². The first-order valence-electron chi connectivity index (χ1n) is 7.57. The highest BCUT2D eigenvalue weighted by molar-refractivity contribution is 5.90. The Labute approximate surface area is 120 Å². The highest BCUT2D eigenvalue weighted by Gasteiger charge is 2.30. The van der Waals surface area contributed by atoms with E-state index in [-0.39, 0.29) is 6.09 Å². The number of ether oxygens (including phenoxy) is 1. The number of carbonyl (C=O) groups excluding carboxylic acids is 1. The zero-order chi connectivity index (χ0) is 14.3. The van der Waals surface area contributed by atoms with E-state index in [2.05, 4.69) is 18.2 Å². The Morgan fingerprint density at radius 3 is 2.65 bits per heavy atom. The summed E-state index contributed by atoms with van der Waals surface area (Å²) < 4.78 is 5.48. The molecule has 1 aromatic carbocycles. The molecule has 1 aliphatic carbocycles. The summed E-state index contributed by atoms with van der Waals surface area (Å²) >= 11 is 0. The van der Waals surface area contributed by atoms with Crippen LogP contribution >= 0.6 is 0 Å². The van der Waals surface area contributed by atoms with Gasteiger partial charge in [0.05, 0.1) is 5.69 Å². The van der Waals surface area contributed by atoms with Gasteiger partial charge in [0.1, 0.15) is 5.60 Å². The van der Waals surface area contributed by atoms with Crippen molar-refractivity contribution < 1.29 is 9.53 Å². The SMILES string of the molecule is CC(C)(C)OC(=O)N1CCc2cc(C3CCC3)ccc21. The smallest absolute Gasteiger partial charge is 0.414 e. The normalized spacial score (nSPS) is 18.6. The van der Waals surface area contributed by atoms with E-state index in [1.807, 2.05) is 20.8 Å². The number of rotatable bonds is 1. The standard InChI is InChI=1S/C17H23NO2/c1-17(2,3)20-16(19)18-10-9-14-11-13(7-8-15(14)18)12-5-4-6-12/h7-8,11-12H,4-6,9-10H2,1-3H3. The summed E-state index contributed by atoms with van der Waals surface area (Å²) in [5.41, 5.74) is 3.33. The molecule has 108 valence electrons. The monoisotopic (exact) mass is 273 g/mol. The second-order valence-corrected chi connectivity index (χ2v) is 6.90. The van der Waals surface area contributed by atoms with Crippen LogP contribution in [0.2, 0.25) is 0 Å². The lowest BCUT2D eigenvalue weighted by molar-refractivity contribution is 0.0584. The van der Waals surface area contributed by atoms with Gasteiger partial charge in [-0.25, -0.2) is 4.79 Å². The molecule has 1 aliphatic heterocycles. The van der Waals surface area contributed by atoms with Crippen molar-refractivity contribution >= 4 is 11.8 Å². The van der Waals surface area contributed by atoms with Gasteiger partial charge in [-0.3, -0.25) is 4.90 Å². The van der Waals surface area contributed by atoms with Gasteiger partial charge in [-0.05, 0) is 63.1 Å². The lowest BCUT2D eigenvalue weighted by Crippen LogP contribution is -2.35. The Bertz CT molecular complexity index is 526. The summed E-state index contributed by atoms with van der Waals surface area (Å²) in [5, 5.41) is 0. The van der Waals surface area contributed by atoms with Crippen molar-refractivity contribution in [2.24, 2.45) is 0 Å². The predicted octanol–water partition coefficient (Wildman–Crippen LogP) is 4.25. The van der Waals surface area contributed by atoms with Gasteiger partial charge in [-0.15, -0.1) is 0 Å². The summed E-state index contributed by atoms with van der Waals surface area (Å²) in [7, 11) is 0. The lowest BCUT2D eigenvalue weighted by atomic mass is 9.79. The maximum absolute atomic E-state index is 12.2. The summed E-state index contributed by atoms with van der Waals surface area (Å²) in [6.45, 7) is 6.45. The molecule has 20 heavy (non-hydrogen) atoms. The molecule has 3 nitrogen and oxygen atoms in total. The summed E-state index contributed by atoms with van der Waals surface area (Å²) in [6.07, 6.45) is 4.69. The molecule has 3 rings (SSSR count). The third-order valence-corrected chi connectivity index (χ3v) is 4.19. The Balaban J connectivity index is 1.78. The maximum atomic E-state index is 12.2. The second-order valence-electron chi connectivity index (χ2n) is 6.90. The summed E-state index contributed by atoms with van der Waals surface area (Å²) in [4.78, 5) is 14.0. The Morgan fingerprint density at radius 2 is 2.05 bits per heavy atom. The first-order chi connectivity index (χ1) is 9.44. The van der Waals surface area contributed by atoms with Gasteiger partial charge >= 0.3 is 6.09 Å². The lowest BCUT2D eigenvalue weighted by Gasteiger charge is -2.27. The number of nitrogens with zero attached hydrogens (tertiary/aromatic N) is 1. The fraction of sp³-hybridized carbons (Fsp3) is 0.588. The van der Waals surface area contributed by atoms with Gasteiger partial charge in [0.15, 0.2) is 0 Å². The van der Waals surface area contributed by atoms with Gasteiger partial charge < -0.3 is 4.74 Å². The molecule has 3 heteroatoms. The van der Waals surface area contributed by atoms with Gasteiger partial charge in [0.2, 0.25) is 0 Å². The van der Waals surface area contributed by atoms with E-state index in [1.165, 1.54) is 30.4 Å². The molecule has 0 spiro atoms. The Kier molecular flexibility index (Phi) is 3.23. The Morgan fingerprint density at radius 1 is 1.30 bits per heavy atom. The molecule has 0 unspecified atom stereocenters. The molecule has 1 heterocycles. The fourth-order valence-electron chi connectivity index (χ4n) is 2.92. The Hall–Kier alpha value is -1.51. The minimum absolute atomic E-state index is 0.229. The van der Waals surface area contributed by atoms with E-state index in [4.69, 9.17) is 4.74 Å². The van der Waals surface area contributed by atoms with E-state index >= 15 is 0 Å². The van der Waals surface area contributed by atoms with Crippen molar-refractivity contribution in [2.45, 2.75) is 58.0 Å². The average molecular weight is 273 g/mol. The molecule has 0 atom stereocenters. The van der Waals surface area contributed by atoms with Crippen LogP contribution in [0.1, 0.15) is 57.1 Å². The molecule has 1 saturated carbocycles. The number of hydrogen-bond donors (Lipinski definition) is 0. The maximum Gasteiger partial charge on any atom is 0.414 e. The number of amides is 1. The zero-order valence-corrected chi connectivity index (χ0v) is 12.6. The van der Waals surface area contributed by atoms with Crippen LogP contribution in [0.25, 0.3) is 0 Å². The van der Waals surface area contributed by atoms with Gasteiger partial charge in [0, 0.05) is 6.54 Å². The zero-order valence-electron chi connectivity index (χ0n) is 12.6. The molecule has 2 aliphatic rings. The molecule has 0 N–H and O–H groups in total. The summed E-state index contributed by atoms with van der Waals surface area (Å²) in [5.74, 6) is 0.746. The average Bonchev–Trinajstić information content (AvgIpc) is 2.67. The first kappa shape index (κ1) is 13.5. The van der Waals surface area contributed by atoms with Crippen LogP contribution in [-0.2, 0) is 11.2 Å². The quantitative estimate of drug-likeness (QED) is 0.765. The van der Waals surface area contributed by atoms with Crippen LogP contribution in [-0.4, -0.2) is 18.2 Å². The summed E-state index contributed by atoms with van der Waals surface area (Å²) in [6, 6.07) is 6.58. The number of fused-ring (bicyclic) bond motifs is 1. The van der Waals surface area contributed by atoms with E-state index in [9.17, 15) is 4.79 Å². The molecule has 1 aromatic rings. The molecule has 0 aromatic heterocycles. The van der Waals surface area contributed by atoms with E-state index in [0.29, 0.717) is 0 Å². The van der Waals surface area contributed by atoms with Crippen LogP contribution in [0.15, 0.2) is 18.2 Å². The molecule has 0 saturated heterocycles. The molecular formula is C17H23NO2. The fourth-order valence-corrected chi connectivity index (χ4v) is 2.92. The van der Waals surface area contributed by atoms with Crippen molar-refractivity contribution in [1.29, 1.82) is 0 Å². The van der Waals surface area contributed by atoms with Crippen molar-refractivity contribution in [1.82, 2.24) is 0 Å². The van der Waals surface area contributed by atoms with Crippen LogP contribution in [0.5, 0.6) is 0 Å². The number of anilines is 1. The third kappa shape index (κ3) is 2.54. The number of benzene rings is 1. The minimum atomic E-state index is -0.439. The van der Waals surface area contributed by atoms with Gasteiger partial charge in [0.25, 0.3) is 0 Å². The molecule has 1 amide bonds. The van der Waals surface area contributed by atoms with E-state index in [0.717, 1.165) is 24.6 Å². The second kappa shape index (κ2) is 4.80. The van der Waals surface area contributed by atoms with Crippen molar-refractivity contribution in [2.75, 3.05) is 11.4 Å². The highest BCUT2D eigenvalue weighted by Crippen LogP contribution is 2.39. The molecule has 0 radical (unpaired) electrons. The largest absolute Gasteiger partial charge is 0.443 e. The predicted molar refractivity (Wildman–Crippen MR) is 80.3 cm³/mol. The van der Waals surface area contributed by atoms with Crippen molar-refractivity contribution in [3.05, 3.63) is 29.3 Å². The van der Waals surface area contributed by atoms with Crippen LogP contribution < -0.4 is 4.90 Å². The highest BCUT2D eigenvalue weighted by atomic mass is 16.6. The molecule has 1 fully saturated rings. The van der Waals surface area contributed by atoms with Crippen molar-refractivity contribution in [3.63, 3.8) is 0 Å². The number of carbonyl (C=O) groups is 1. The van der Waals surface area contributed by atoms with Gasteiger partial charge in [-0.2, -0.15) is 0 Å².